The number of imide groups is 1. The molecule has 3 amide bonds. The van der Waals surface area contributed by atoms with Crippen molar-refractivity contribution in [2.45, 2.75) is 38.4 Å². The number of nitrogens with zero attached hydrogens (tertiary/aromatic N) is 5. The van der Waals surface area contributed by atoms with Crippen LogP contribution in [0.2, 0.25) is 0 Å². The topological polar surface area (TPSA) is 61.7 Å². The van der Waals surface area contributed by atoms with Crippen molar-refractivity contribution in [2.24, 2.45) is 7.05 Å². The molecular weight excluding hydrogens is 354 g/mol. The van der Waals surface area contributed by atoms with E-state index in [4.69, 9.17) is 0 Å². The van der Waals surface area contributed by atoms with Gasteiger partial charge in [-0.2, -0.15) is 5.10 Å². The first kappa shape index (κ1) is 18.7. The molecule has 7 heteroatoms. The second-order valence-electron chi connectivity index (χ2n) is 7.91. The predicted octanol–water partition coefficient (Wildman–Crippen LogP) is 2.16. The van der Waals surface area contributed by atoms with Crippen molar-refractivity contribution in [3.05, 3.63) is 53.3 Å². The summed E-state index contributed by atoms with van der Waals surface area (Å²) in [6, 6.07) is 9.71. The molecule has 0 atom stereocenters. The average molecular weight is 381 g/mol. The molecule has 0 N–H and O–H groups in total. The first-order chi connectivity index (χ1) is 13.4. The van der Waals surface area contributed by atoms with Crippen molar-refractivity contribution in [1.29, 1.82) is 0 Å². The number of rotatable bonds is 4. The number of hydrogen-bond donors (Lipinski definition) is 0. The van der Waals surface area contributed by atoms with Gasteiger partial charge in [0.2, 0.25) is 0 Å². The van der Waals surface area contributed by atoms with Crippen LogP contribution < -0.4 is 0 Å². The monoisotopic (exact) mass is 381 g/mol. The molecule has 2 aliphatic rings. The maximum absolute atomic E-state index is 13.0. The Morgan fingerprint density at radius 1 is 1.04 bits per heavy atom. The van der Waals surface area contributed by atoms with Crippen molar-refractivity contribution in [3.63, 3.8) is 0 Å². The molecule has 4 rings (SSSR count). The van der Waals surface area contributed by atoms with E-state index in [0.29, 0.717) is 19.4 Å². The average Bonchev–Trinajstić information content (AvgIpc) is 3.11. The molecule has 3 heterocycles. The van der Waals surface area contributed by atoms with Crippen LogP contribution in [0.15, 0.2) is 36.5 Å². The summed E-state index contributed by atoms with van der Waals surface area (Å²) < 4.78 is 1.89. The van der Waals surface area contributed by atoms with E-state index in [0.717, 1.165) is 30.9 Å². The molecule has 2 fully saturated rings. The fourth-order valence-electron chi connectivity index (χ4n) is 4.37. The second kappa shape index (κ2) is 7.05. The summed E-state index contributed by atoms with van der Waals surface area (Å²) in [5, 5.41) is 4.32. The standard InChI is InChI=1S/C21H27N5O2/c1-16-18(13-22-24(16)3)15-25-11-9-21(10-12-25)19(27)23(2)20(28)26(21)14-17-7-5-4-6-8-17/h4-8,13H,9-12,14-15H2,1-3H3. The first-order valence-corrected chi connectivity index (χ1v) is 9.76. The van der Waals surface area contributed by atoms with Crippen molar-refractivity contribution in [1.82, 2.24) is 24.5 Å². The lowest BCUT2D eigenvalue weighted by atomic mass is 9.85. The van der Waals surface area contributed by atoms with Gasteiger partial charge in [-0.25, -0.2) is 4.79 Å². The Kier molecular flexibility index (Phi) is 4.71. The minimum Gasteiger partial charge on any atom is -0.305 e. The zero-order valence-electron chi connectivity index (χ0n) is 16.8. The van der Waals surface area contributed by atoms with E-state index in [1.165, 1.54) is 10.5 Å². The summed E-state index contributed by atoms with van der Waals surface area (Å²) in [7, 11) is 3.55. The van der Waals surface area contributed by atoms with Gasteiger partial charge in [-0.1, -0.05) is 30.3 Å². The Morgan fingerprint density at radius 2 is 1.71 bits per heavy atom. The maximum Gasteiger partial charge on any atom is 0.327 e. The zero-order chi connectivity index (χ0) is 19.9. The molecular formula is C21H27N5O2. The van der Waals surface area contributed by atoms with Gasteiger partial charge < -0.3 is 4.90 Å². The van der Waals surface area contributed by atoms with E-state index in [9.17, 15) is 9.59 Å². The largest absolute Gasteiger partial charge is 0.327 e. The fourth-order valence-corrected chi connectivity index (χ4v) is 4.37. The summed E-state index contributed by atoms with van der Waals surface area (Å²) in [4.78, 5) is 31.3. The zero-order valence-corrected chi connectivity index (χ0v) is 16.8. The van der Waals surface area contributed by atoms with E-state index in [1.807, 2.05) is 48.3 Å². The summed E-state index contributed by atoms with van der Waals surface area (Å²) in [5.41, 5.74) is 2.71. The normalized spacial score (nSPS) is 19.8. The van der Waals surface area contributed by atoms with Crippen LogP contribution in [0.3, 0.4) is 0 Å². The lowest BCUT2D eigenvalue weighted by Crippen LogP contribution is -2.56. The minimum atomic E-state index is -0.720. The number of carbonyl (C=O) groups excluding carboxylic acids is 2. The Bertz CT molecular complexity index is 883. The highest BCUT2D eigenvalue weighted by atomic mass is 16.2. The summed E-state index contributed by atoms with van der Waals surface area (Å²) in [5.74, 6) is -0.0642. The quantitative estimate of drug-likeness (QED) is 0.762. The molecule has 1 aromatic carbocycles. The van der Waals surface area contributed by atoms with E-state index in [-0.39, 0.29) is 11.9 Å². The molecule has 7 nitrogen and oxygen atoms in total. The van der Waals surface area contributed by atoms with Gasteiger partial charge in [-0.05, 0) is 25.3 Å². The van der Waals surface area contributed by atoms with Crippen LogP contribution in [0.4, 0.5) is 4.79 Å². The number of likely N-dealkylation sites (tertiary alicyclic amines) is 1. The molecule has 28 heavy (non-hydrogen) atoms. The van der Waals surface area contributed by atoms with E-state index in [1.54, 1.807) is 11.9 Å². The maximum atomic E-state index is 13.0. The van der Waals surface area contributed by atoms with Crippen molar-refractivity contribution in [3.8, 4) is 0 Å². The molecule has 0 aliphatic carbocycles. The van der Waals surface area contributed by atoms with Crippen LogP contribution in [0.5, 0.6) is 0 Å². The number of aromatic nitrogens is 2. The lowest BCUT2D eigenvalue weighted by molar-refractivity contribution is -0.135. The Morgan fingerprint density at radius 3 is 2.32 bits per heavy atom. The smallest absolute Gasteiger partial charge is 0.305 e. The third kappa shape index (κ3) is 2.99. The molecule has 0 saturated carbocycles. The van der Waals surface area contributed by atoms with E-state index >= 15 is 0 Å². The molecule has 1 spiro atoms. The number of hydrogen-bond acceptors (Lipinski definition) is 4. The molecule has 0 unspecified atom stereocenters. The van der Waals surface area contributed by atoms with Gasteiger partial charge in [0.15, 0.2) is 0 Å². The molecule has 2 saturated heterocycles. The van der Waals surface area contributed by atoms with Crippen LogP contribution in [0.1, 0.15) is 29.7 Å². The van der Waals surface area contributed by atoms with Crippen LogP contribution in [0, 0.1) is 6.92 Å². The van der Waals surface area contributed by atoms with Crippen molar-refractivity contribution >= 4 is 11.9 Å². The minimum absolute atomic E-state index is 0.0642. The highest BCUT2D eigenvalue weighted by Gasteiger charge is 2.56. The van der Waals surface area contributed by atoms with Gasteiger partial charge in [-0.15, -0.1) is 0 Å². The van der Waals surface area contributed by atoms with Crippen LogP contribution in [-0.2, 0) is 24.9 Å². The lowest BCUT2D eigenvalue weighted by Gasteiger charge is -2.42. The molecule has 148 valence electrons. The number of aryl methyl sites for hydroxylation is 1. The first-order valence-electron chi connectivity index (χ1n) is 9.76. The SMILES string of the molecule is Cc1c(CN2CCC3(CC2)C(=O)N(C)C(=O)N3Cc2ccccc2)cnn1C. The van der Waals surface area contributed by atoms with Gasteiger partial charge >= 0.3 is 6.03 Å². The fraction of sp³-hybridized carbons (Fsp3) is 0.476. The van der Waals surface area contributed by atoms with E-state index in [2.05, 4.69) is 16.9 Å². The van der Waals surface area contributed by atoms with Gasteiger partial charge in [0.25, 0.3) is 5.91 Å². The number of piperidine rings is 1. The summed E-state index contributed by atoms with van der Waals surface area (Å²) in [6.07, 6.45) is 3.24. The Labute approximate surface area is 165 Å². The molecule has 2 aromatic rings. The van der Waals surface area contributed by atoms with Gasteiger partial charge in [0.05, 0.1) is 6.20 Å². The molecule has 1 aromatic heterocycles. The second-order valence-corrected chi connectivity index (χ2v) is 7.91. The Balaban J connectivity index is 1.51. The van der Waals surface area contributed by atoms with Crippen LogP contribution in [0.25, 0.3) is 0 Å². The number of amides is 3. The summed E-state index contributed by atoms with van der Waals surface area (Å²) in [6.45, 7) is 4.94. The number of urea groups is 1. The number of benzene rings is 1. The predicted molar refractivity (Wildman–Crippen MR) is 105 cm³/mol. The van der Waals surface area contributed by atoms with Gasteiger partial charge in [-0.3, -0.25) is 19.3 Å². The van der Waals surface area contributed by atoms with E-state index < -0.39 is 5.54 Å². The molecule has 2 aliphatic heterocycles. The third-order valence-electron chi connectivity index (χ3n) is 6.33. The molecule has 0 radical (unpaired) electrons. The van der Waals surface area contributed by atoms with Crippen molar-refractivity contribution in [2.75, 3.05) is 20.1 Å². The highest BCUT2D eigenvalue weighted by molar-refractivity contribution is 6.06. The van der Waals surface area contributed by atoms with Crippen LogP contribution in [-0.4, -0.2) is 62.1 Å². The van der Waals surface area contributed by atoms with Gasteiger partial charge in [0, 0.05) is 51.5 Å². The number of likely N-dealkylation sites (N-methyl/N-ethyl adjacent to an activating group) is 1. The third-order valence-corrected chi connectivity index (χ3v) is 6.33. The summed E-state index contributed by atoms with van der Waals surface area (Å²) >= 11 is 0. The Hall–Kier alpha value is -2.67. The van der Waals surface area contributed by atoms with Crippen molar-refractivity contribution < 1.29 is 9.59 Å². The van der Waals surface area contributed by atoms with Crippen LogP contribution >= 0.6 is 0 Å². The highest BCUT2D eigenvalue weighted by Crippen LogP contribution is 2.38. The molecule has 0 bridgehead atoms. The van der Waals surface area contributed by atoms with Gasteiger partial charge in [0.1, 0.15) is 5.54 Å². The number of carbonyl (C=O) groups is 2.